The predicted octanol–water partition coefficient (Wildman–Crippen LogP) is 4.50. The van der Waals surface area contributed by atoms with E-state index in [-0.39, 0.29) is 6.10 Å². The Bertz CT molecular complexity index is 851. The first kappa shape index (κ1) is 20.2. The fraction of sp³-hybridized carbons (Fsp3) is 0.381. The summed E-state index contributed by atoms with van der Waals surface area (Å²) in [6.45, 7) is 6.75. The molecule has 0 aliphatic carbocycles. The maximum atomic E-state index is 5.93. The Morgan fingerprint density at radius 2 is 2.07 bits per heavy atom. The molecule has 0 bridgehead atoms. The molecule has 0 amide bonds. The zero-order valence-electron chi connectivity index (χ0n) is 16.5. The lowest BCUT2D eigenvalue weighted by atomic mass is 10.1. The number of hydrogen-bond acceptors (Lipinski definition) is 7. The first-order valence-corrected chi connectivity index (χ1v) is 10.5. The van der Waals surface area contributed by atoms with Crippen LogP contribution in [0.5, 0.6) is 5.88 Å². The van der Waals surface area contributed by atoms with Gasteiger partial charge in [-0.1, -0.05) is 6.07 Å². The molecule has 0 saturated carbocycles. The molecule has 6 nitrogen and oxygen atoms in total. The third-order valence-corrected chi connectivity index (χ3v) is 4.87. The van der Waals surface area contributed by atoms with Crippen LogP contribution in [0.3, 0.4) is 0 Å². The number of thioether (sulfide) groups is 1. The van der Waals surface area contributed by atoms with Crippen molar-refractivity contribution in [1.29, 1.82) is 0 Å². The van der Waals surface area contributed by atoms with Crippen molar-refractivity contribution < 1.29 is 9.15 Å². The lowest BCUT2D eigenvalue weighted by Gasteiger charge is -2.14. The quantitative estimate of drug-likeness (QED) is 0.504. The normalized spacial score (nSPS) is 11.0. The summed E-state index contributed by atoms with van der Waals surface area (Å²) in [6.07, 6.45) is 6.16. The summed E-state index contributed by atoms with van der Waals surface area (Å²) in [5.74, 6) is 3.99. The molecule has 3 heterocycles. The lowest BCUT2D eigenvalue weighted by Crippen LogP contribution is -2.13. The molecule has 0 fully saturated rings. The highest BCUT2D eigenvalue weighted by molar-refractivity contribution is 7.98. The van der Waals surface area contributed by atoms with Gasteiger partial charge in [0.25, 0.3) is 0 Å². The fourth-order valence-electron chi connectivity index (χ4n) is 2.55. The zero-order valence-corrected chi connectivity index (χ0v) is 17.3. The third kappa shape index (κ3) is 6.27. The van der Waals surface area contributed by atoms with Crippen molar-refractivity contribution >= 4 is 17.7 Å². The van der Waals surface area contributed by atoms with Gasteiger partial charge in [-0.2, -0.15) is 16.7 Å². The van der Waals surface area contributed by atoms with Crippen molar-refractivity contribution in [3.8, 4) is 5.88 Å². The van der Waals surface area contributed by atoms with Gasteiger partial charge >= 0.3 is 0 Å². The molecule has 0 radical (unpaired) electrons. The van der Waals surface area contributed by atoms with E-state index < -0.39 is 0 Å². The number of ether oxygens (including phenoxy) is 1. The molecular weight excluding hydrogens is 372 g/mol. The molecule has 7 heteroatoms. The lowest BCUT2D eigenvalue weighted by molar-refractivity contribution is 0.230. The minimum absolute atomic E-state index is 0.0431. The number of nitrogens with zero attached hydrogens (tertiary/aromatic N) is 3. The van der Waals surface area contributed by atoms with E-state index in [1.165, 1.54) is 0 Å². The molecule has 148 valence electrons. The molecule has 0 aromatic carbocycles. The maximum absolute atomic E-state index is 5.93. The summed E-state index contributed by atoms with van der Waals surface area (Å²) in [7, 11) is 0. The van der Waals surface area contributed by atoms with Gasteiger partial charge < -0.3 is 14.5 Å². The van der Waals surface area contributed by atoms with Crippen molar-refractivity contribution in [2.24, 2.45) is 0 Å². The highest BCUT2D eigenvalue weighted by Crippen LogP contribution is 2.21. The van der Waals surface area contributed by atoms with Crippen LogP contribution >= 0.6 is 11.8 Å². The number of furan rings is 1. The SMILES string of the molecule is Cc1ccc(Cc2cnc(NCCSCc3ccco3)nc2OC(C)C)cn1. The number of aryl methyl sites for hydroxylation is 1. The Balaban J connectivity index is 1.58. The summed E-state index contributed by atoms with van der Waals surface area (Å²) >= 11 is 1.80. The van der Waals surface area contributed by atoms with Crippen LogP contribution in [0.4, 0.5) is 5.95 Å². The van der Waals surface area contributed by atoms with E-state index in [4.69, 9.17) is 9.15 Å². The third-order valence-electron chi connectivity index (χ3n) is 3.89. The predicted molar refractivity (Wildman–Crippen MR) is 113 cm³/mol. The maximum Gasteiger partial charge on any atom is 0.225 e. The van der Waals surface area contributed by atoms with Crippen LogP contribution in [0.25, 0.3) is 0 Å². The molecule has 28 heavy (non-hydrogen) atoms. The Morgan fingerprint density at radius 1 is 1.18 bits per heavy atom. The standard InChI is InChI=1S/C21H26N4O2S/c1-15(2)27-20-18(11-17-7-6-16(3)23-12-17)13-24-21(25-20)22-8-10-28-14-19-5-4-9-26-19/h4-7,9,12-13,15H,8,10-11,14H2,1-3H3,(H,22,24,25). The van der Waals surface area contributed by atoms with Gasteiger partial charge in [0.2, 0.25) is 11.8 Å². The molecule has 1 N–H and O–H groups in total. The van der Waals surface area contributed by atoms with Gasteiger partial charge in [-0.05, 0) is 44.5 Å². The van der Waals surface area contributed by atoms with Gasteiger partial charge in [-0.25, -0.2) is 4.98 Å². The zero-order chi connectivity index (χ0) is 19.8. The molecule has 3 rings (SSSR count). The number of aromatic nitrogens is 3. The Labute approximate surface area is 170 Å². The van der Waals surface area contributed by atoms with E-state index in [0.29, 0.717) is 18.2 Å². The topological polar surface area (TPSA) is 73.1 Å². The van der Waals surface area contributed by atoms with E-state index >= 15 is 0 Å². The van der Waals surface area contributed by atoms with Crippen molar-refractivity contribution in [3.63, 3.8) is 0 Å². The molecule has 0 unspecified atom stereocenters. The van der Waals surface area contributed by atoms with E-state index in [9.17, 15) is 0 Å². The average Bonchev–Trinajstić information content (AvgIpc) is 3.18. The minimum atomic E-state index is 0.0431. The molecular formula is C21H26N4O2S. The molecule has 0 spiro atoms. The Kier molecular flexibility index (Phi) is 7.31. The highest BCUT2D eigenvalue weighted by atomic mass is 32.2. The second-order valence-electron chi connectivity index (χ2n) is 6.73. The van der Waals surface area contributed by atoms with Crippen molar-refractivity contribution in [3.05, 3.63) is 65.5 Å². The number of nitrogens with one attached hydrogen (secondary N) is 1. The summed E-state index contributed by atoms with van der Waals surface area (Å²) in [4.78, 5) is 13.4. The van der Waals surface area contributed by atoms with Crippen molar-refractivity contribution in [2.45, 2.75) is 39.0 Å². The first-order chi connectivity index (χ1) is 13.6. The van der Waals surface area contributed by atoms with Crippen LogP contribution in [0.2, 0.25) is 0 Å². The van der Waals surface area contributed by atoms with Crippen molar-refractivity contribution in [1.82, 2.24) is 15.0 Å². The van der Waals surface area contributed by atoms with Gasteiger partial charge in [0.05, 0.1) is 18.1 Å². The number of rotatable bonds is 10. The second kappa shape index (κ2) is 10.1. The molecule has 0 aliphatic heterocycles. The van der Waals surface area contributed by atoms with Crippen LogP contribution in [-0.4, -0.2) is 33.4 Å². The number of hydrogen-bond donors (Lipinski definition) is 1. The summed E-state index contributed by atoms with van der Waals surface area (Å²) in [5.41, 5.74) is 3.07. The van der Waals surface area contributed by atoms with Gasteiger partial charge in [-0.15, -0.1) is 0 Å². The summed E-state index contributed by atoms with van der Waals surface area (Å²) in [5, 5.41) is 3.27. The van der Waals surface area contributed by atoms with Crippen LogP contribution in [0.15, 0.2) is 47.3 Å². The number of anilines is 1. The van der Waals surface area contributed by atoms with Gasteiger partial charge in [0.15, 0.2) is 0 Å². The van der Waals surface area contributed by atoms with Crippen molar-refractivity contribution in [2.75, 3.05) is 17.6 Å². The van der Waals surface area contributed by atoms with E-state index in [0.717, 1.165) is 40.6 Å². The second-order valence-corrected chi connectivity index (χ2v) is 7.84. The Hall–Kier alpha value is -2.54. The van der Waals surface area contributed by atoms with Crippen LogP contribution in [-0.2, 0) is 12.2 Å². The molecule has 3 aromatic rings. The monoisotopic (exact) mass is 398 g/mol. The highest BCUT2D eigenvalue weighted by Gasteiger charge is 2.11. The van der Waals surface area contributed by atoms with E-state index in [1.807, 2.05) is 51.4 Å². The molecule has 0 atom stereocenters. The van der Waals surface area contributed by atoms with Crippen LogP contribution in [0.1, 0.15) is 36.4 Å². The molecule has 0 saturated heterocycles. The van der Waals surface area contributed by atoms with Crippen LogP contribution in [0, 0.1) is 6.92 Å². The largest absolute Gasteiger partial charge is 0.475 e. The number of pyridine rings is 1. The van der Waals surface area contributed by atoms with Crippen LogP contribution < -0.4 is 10.1 Å². The first-order valence-electron chi connectivity index (χ1n) is 9.38. The van der Waals surface area contributed by atoms with E-state index in [1.54, 1.807) is 18.0 Å². The summed E-state index contributed by atoms with van der Waals surface area (Å²) < 4.78 is 11.3. The average molecular weight is 399 g/mol. The van der Waals surface area contributed by atoms with Gasteiger partial charge in [0.1, 0.15) is 5.76 Å². The fourth-order valence-corrected chi connectivity index (χ4v) is 3.30. The van der Waals surface area contributed by atoms with Gasteiger partial charge in [0, 0.05) is 42.4 Å². The smallest absolute Gasteiger partial charge is 0.225 e. The molecule has 0 aliphatic rings. The minimum Gasteiger partial charge on any atom is -0.475 e. The van der Waals surface area contributed by atoms with Gasteiger partial charge in [-0.3, -0.25) is 4.98 Å². The van der Waals surface area contributed by atoms with E-state index in [2.05, 4.69) is 26.3 Å². The molecule has 3 aromatic heterocycles. The summed E-state index contributed by atoms with van der Waals surface area (Å²) in [6, 6.07) is 7.98. The Morgan fingerprint density at radius 3 is 2.79 bits per heavy atom.